The van der Waals surface area contributed by atoms with E-state index in [1.807, 2.05) is 12.1 Å². The number of hydrogen-bond acceptors (Lipinski definition) is 6. The van der Waals surface area contributed by atoms with Crippen LogP contribution in [0.5, 0.6) is 0 Å². The topological polar surface area (TPSA) is 73.2 Å². The van der Waals surface area contributed by atoms with Crippen LogP contribution < -0.4 is 10.9 Å². The van der Waals surface area contributed by atoms with Crippen molar-refractivity contribution in [1.82, 2.24) is 14.9 Å². The van der Waals surface area contributed by atoms with E-state index < -0.39 is 0 Å². The molecule has 186 valence electrons. The van der Waals surface area contributed by atoms with Crippen molar-refractivity contribution >= 4 is 39.2 Å². The number of thiophene rings is 1. The molecule has 1 N–H and O–H groups in total. The minimum absolute atomic E-state index is 0.0158. The molecule has 0 spiro atoms. The van der Waals surface area contributed by atoms with Gasteiger partial charge in [0.1, 0.15) is 4.83 Å². The van der Waals surface area contributed by atoms with E-state index in [4.69, 9.17) is 9.72 Å². The second kappa shape index (κ2) is 11.3. The molecule has 0 bridgehead atoms. The minimum atomic E-state index is -0.0632. The SMILES string of the molecule is CCCCc1ccc(-n2c(SCC(=O)NC[C@H]3CCCO3)nc3sc4c(c3c2=O)CCCC4)cc1. The van der Waals surface area contributed by atoms with Gasteiger partial charge < -0.3 is 10.1 Å². The van der Waals surface area contributed by atoms with Crippen molar-refractivity contribution in [1.29, 1.82) is 0 Å². The molecule has 1 aromatic carbocycles. The number of hydrogen-bond donors (Lipinski definition) is 1. The van der Waals surface area contributed by atoms with E-state index in [-0.39, 0.29) is 23.3 Å². The van der Waals surface area contributed by atoms with Gasteiger partial charge in [-0.15, -0.1) is 11.3 Å². The highest BCUT2D eigenvalue weighted by molar-refractivity contribution is 7.99. The zero-order valence-corrected chi connectivity index (χ0v) is 21.9. The second-order valence-electron chi connectivity index (χ2n) is 9.42. The number of aryl methyl sites for hydroxylation is 3. The minimum Gasteiger partial charge on any atom is -0.376 e. The molecule has 1 fully saturated rings. The van der Waals surface area contributed by atoms with Crippen molar-refractivity contribution in [3.63, 3.8) is 0 Å². The fourth-order valence-electron chi connectivity index (χ4n) is 4.92. The smallest absolute Gasteiger partial charge is 0.267 e. The molecule has 5 rings (SSSR count). The molecular formula is C27H33N3O3S2. The Bertz CT molecular complexity index is 1240. The van der Waals surface area contributed by atoms with Gasteiger partial charge in [-0.2, -0.15) is 0 Å². The summed E-state index contributed by atoms with van der Waals surface area (Å²) in [4.78, 5) is 33.5. The van der Waals surface area contributed by atoms with Gasteiger partial charge in [0.2, 0.25) is 5.91 Å². The van der Waals surface area contributed by atoms with Crippen LogP contribution in [0, 0.1) is 0 Å². The summed E-state index contributed by atoms with van der Waals surface area (Å²) >= 11 is 2.98. The van der Waals surface area contributed by atoms with E-state index in [1.165, 1.54) is 34.2 Å². The molecule has 1 atom stereocenters. The van der Waals surface area contributed by atoms with Crippen LogP contribution in [0.3, 0.4) is 0 Å². The van der Waals surface area contributed by atoms with Crippen LogP contribution in [0.4, 0.5) is 0 Å². The van der Waals surface area contributed by atoms with E-state index in [1.54, 1.807) is 15.9 Å². The first-order valence-corrected chi connectivity index (χ1v) is 14.6. The van der Waals surface area contributed by atoms with E-state index in [0.29, 0.717) is 11.7 Å². The number of aromatic nitrogens is 2. The number of thioether (sulfide) groups is 1. The molecule has 3 heterocycles. The maximum absolute atomic E-state index is 13.9. The number of rotatable bonds is 9. The third-order valence-electron chi connectivity index (χ3n) is 6.85. The molecule has 0 saturated carbocycles. The molecule has 0 unspecified atom stereocenters. The summed E-state index contributed by atoms with van der Waals surface area (Å²) in [5, 5.41) is 4.32. The van der Waals surface area contributed by atoms with Crippen molar-refractivity contribution in [3.8, 4) is 5.69 Å². The number of nitrogens with zero attached hydrogens (tertiary/aromatic N) is 2. The predicted molar refractivity (Wildman–Crippen MR) is 143 cm³/mol. The number of nitrogens with one attached hydrogen (secondary N) is 1. The van der Waals surface area contributed by atoms with Gasteiger partial charge in [-0.3, -0.25) is 14.2 Å². The Balaban J connectivity index is 1.45. The summed E-state index contributed by atoms with van der Waals surface area (Å²) in [6, 6.07) is 8.24. The summed E-state index contributed by atoms with van der Waals surface area (Å²) in [6.07, 6.45) is 9.74. The van der Waals surface area contributed by atoms with Gasteiger partial charge in [0.05, 0.1) is 22.9 Å². The van der Waals surface area contributed by atoms with Crippen LogP contribution in [0.25, 0.3) is 15.9 Å². The predicted octanol–water partition coefficient (Wildman–Crippen LogP) is 5.06. The first-order valence-electron chi connectivity index (χ1n) is 12.8. The summed E-state index contributed by atoms with van der Waals surface area (Å²) in [7, 11) is 0. The van der Waals surface area contributed by atoms with Crippen LogP contribution >= 0.6 is 23.1 Å². The Hall–Kier alpha value is -2.16. The Morgan fingerprint density at radius 3 is 2.83 bits per heavy atom. The van der Waals surface area contributed by atoms with Gasteiger partial charge in [-0.1, -0.05) is 37.2 Å². The lowest BCUT2D eigenvalue weighted by Gasteiger charge is -2.14. The third kappa shape index (κ3) is 5.49. The highest BCUT2D eigenvalue weighted by Gasteiger charge is 2.23. The molecule has 8 heteroatoms. The summed E-state index contributed by atoms with van der Waals surface area (Å²) in [5.74, 6) is 0.149. The van der Waals surface area contributed by atoms with Crippen molar-refractivity contribution in [2.24, 2.45) is 0 Å². The molecule has 1 amide bonds. The number of carbonyl (C=O) groups is 1. The zero-order valence-electron chi connectivity index (χ0n) is 20.3. The first kappa shape index (κ1) is 24.5. The Kier molecular flexibility index (Phi) is 7.90. The molecule has 3 aromatic rings. The molecule has 2 aromatic heterocycles. The van der Waals surface area contributed by atoms with Gasteiger partial charge in [-0.05, 0) is 74.6 Å². The molecule has 2 aliphatic rings. The number of ether oxygens (including phenoxy) is 1. The highest BCUT2D eigenvalue weighted by Crippen LogP contribution is 2.35. The number of carbonyl (C=O) groups excluding carboxylic acids is 1. The molecule has 35 heavy (non-hydrogen) atoms. The maximum atomic E-state index is 13.9. The number of benzene rings is 1. The van der Waals surface area contributed by atoms with Crippen molar-refractivity contribution < 1.29 is 9.53 Å². The number of fused-ring (bicyclic) bond motifs is 3. The zero-order chi connectivity index (χ0) is 24.2. The van der Waals surface area contributed by atoms with Crippen LogP contribution in [0.15, 0.2) is 34.2 Å². The number of unbranched alkanes of at least 4 members (excludes halogenated alkanes) is 1. The average Bonchev–Trinajstić information content (AvgIpc) is 3.53. The molecule has 1 aliphatic heterocycles. The normalized spacial score (nSPS) is 17.6. The van der Waals surface area contributed by atoms with Gasteiger partial charge in [0.25, 0.3) is 5.56 Å². The third-order valence-corrected chi connectivity index (χ3v) is 8.98. The average molecular weight is 512 g/mol. The molecule has 6 nitrogen and oxygen atoms in total. The van der Waals surface area contributed by atoms with Crippen LogP contribution in [0.1, 0.15) is 61.5 Å². The lowest BCUT2D eigenvalue weighted by molar-refractivity contribution is -0.119. The van der Waals surface area contributed by atoms with E-state index >= 15 is 0 Å². The number of amides is 1. The largest absolute Gasteiger partial charge is 0.376 e. The van der Waals surface area contributed by atoms with Crippen molar-refractivity contribution in [3.05, 3.63) is 50.6 Å². The van der Waals surface area contributed by atoms with Crippen molar-refractivity contribution in [2.75, 3.05) is 18.9 Å². The summed E-state index contributed by atoms with van der Waals surface area (Å²) in [6.45, 7) is 3.50. The van der Waals surface area contributed by atoms with E-state index in [2.05, 4.69) is 24.4 Å². The summed E-state index contributed by atoms with van der Waals surface area (Å²) in [5.41, 5.74) is 3.25. The molecule has 1 saturated heterocycles. The standard InChI is InChI=1S/C27H33N3O3S2/c1-2-3-7-18-11-13-19(14-12-18)30-26(32)24-21-9-4-5-10-22(21)35-25(24)29-27(30)34-17-23(31)28-16-20-8-6-15-33-20/h11-14,20H,2-10,15-17H2,1H3,(H,28,31)/t20-/m1/s1. The maximum Gasteiger partial charge on any atom is 0.267 e. The molecular weight excluding hydrogens is 478 g/mol. The van der Waals surface area contributed by atoms with Gasteiger partial charge in [-0.25, -0.2) is 4.98 Å². The molecule has 0 radical (unpaired) electrons. The highest BCUT2D eigenvalue weighted by atomic mass is 32.2. The van der Waals surface area contributed by atoms with Crippen LogP contribution in [0.2, 0.25) is 0 Å². The molecule has 1 aliphatic carbocycles. The second-order valence-corrected chi connectivity index (χ2v) is 11.4. The Labute approximate surface area is 214 Å². The first-order chi connectivity index (χ1) is 17.1. The van der Waals surface area contributed by atoms with Gasteiger partial charge in [0.15, 0.2) is 5.16 Å². The van der Waals surface area contributed by atoms with Gasteiger partial charge in [0, 0.05) is 18.0 Å². The Morgan fingerprint density at radius 1 is 1.23 bits per heavy atom. The fraction of sp³-hybridized carbons (Fsp3) is 0.519. The quantitative estimate of drug-likeness (QED) is 0.321. The van der Waals surface area contributed by atoms with Crippen LogP contribution in [-0.4, -0.2) is 40.5 Å². The van der Waals surface area contributed by atoms with E-state index in [0.717, 1.165) is 73.9 Å². The monoisotopic (exact) mass is 511 g/mol. The van der Waals surface area contributed by atoms with Crippen LogP contribution in [-0.2, 0) is 28.8 Å². The van der Waals surface area contributed by atoms with E-state index in [9.17, 15) is 9.59 Å². The fourth-order valence-corrected chi connectivity index (χ4v) is 7.06. The Morgan fingerprint density at radius 2 is 2.06 bits per heavy atom. The lowest BCUT2D eigenvalue weighted by Crippen LogP contribution is -2.33. The lowest BCUT2D eigenvalue weighted by atomic mass is 9.97. The van der Waals surface area contributed by atoms with Crippen molar-refractivity contribution in [2.45, 2.75) is 76.0 Å². The summed E-state index contributed by atoms with van der Waals surface area (Å²) < 4.78 is 7.32. The van der Waals surface area contributed by atoms with Gasteiger partial charge >= 0.3 is 0 Å².